The van der Waals surface area contributed by atoms with Crippen LogP contribution in [-0.2, 0) is 11.3 Å². The molecule has 1 fully saturated rings. The summed E-state index contributed by atoms with van der Waals surface area (Å²) in [4.78, 5) is 12.2. The minimum Gasteiger partial charge on any atom is -0.490 e. The molecular weight excluding hydrogens is 312 g/mol. The summed E-state index contributed by atoms with van der Waals surface area (Å²) in [6, 6.07) is 6.15. The summed E-state index contributed by atoms with van der Waals surface area (Å²) in [5.41, 5.74) is 2.21. The van der Waals surface area contributed by atoms with Gasteiger partial charge in [-0.15, -0.1) is 12.4 Å². The van der Waals surface area contributed by atoms with Gasteiger partial charge in [0.15, 0.2) is 0 Å². The second-order valence-electron chi connectivity index (χ2n) is 6.37. The van der Waals surface area contributed by atoms with Gasteiger partial charge in [-0.3, -0.25) is 4.79 Å². The Bertz CT molecular complexity index is 518. The lowest BCUT2D eigenvalue weighted by Gasteiger charge is -2.31. The van der Waals surface area contributed by atoms with Gasteiger partial charge in [-0.05, 0) is 50.9 Å². The van der Waals surface area contributed by atoms with Crippen molar-refractivity contribution in [1.82, 2.24) is 10.6 Å². The summed E-state index contributed by atoms with van der Waals surface area (Å²) in [6.45, 7) is 10.6. The fourth-order valence-electron chi connectivity index (χ4n) is 2.44. The summed E-state index contributed by atoms with van der Waals surface area (Å²) >= 11 is 0. The minimum atomic E-state index is 0. The third-order valence-electron chi connectivity index (χ3n) is 4.51. The Morgan fingerprint density at radius 2 is 2.09 bits per heavy atom. The number of halogens is 1. The van der Waals surface area contributed by atoms with Gasteiger partial charge in [-0.25, -0.2) is 0 Å². The average Bonchev–Trinajstić information content (AvgIpc) is 2.44. The molecule has 0 saturated carbocycles. The zero-order chi connectivity index (χ0) is 16.1. The van der Waals surface area contributed by atoms with Crippen molar-refractivity contribution in [3.05, 3.63) is 29.3 Å². The highest BCUT2D eigenvalue weighted by Gasteiger charge is 2.28. The van der Waals surface area contributed by atoms with Crippen LogP contribution in [0.25, 0.3) is 0 Å². The maximum absolute atomic E-state index is 12.2. The van der Waals surface area contributed by atoms with Crippen LogP contribution in [0.15, 0.2) is 18.2 Å². The van der Waals surface area contributed by atoms with Gasteiger partial charge in [0.05, 0.1) is 6.10 Å². The van der Waals surface area contributed by atoms with E-state index in [9.17, 15) is 4.79 Å². The van der Waals surface area contributed by atoms with Crippen LogP contribution in [0.1, 0.15) is 38.3 Å². The Kier molecular flexibility index (Phi) is 7.86. The first-order valence-corrected chi connectivity index (χ1v) is 8.25. The molecule has 23 heavy (non-hydrogen) atoms. The molecule has 4 nitrogen and oxygen atoms in total. The van der Waals surface area contributed by atoms with Crippen molar-refractivity contribution in [3.63, 3.8) is 0 Å². The molecule has 1 aliphatic heterocycles. The number of benzene rings is 1. The summed E-state index contributed by atoms with van der Waals surface area (Å²) in [5, 5.41) is 6.27. The van der Waals surface area contributed by atoms with Crippen molar-refractivity contribution in [2.45, 2.75) is 46.8 Å². The second-order valence-corrected chi connectivity index (χ2v) is 6.37. The van der Waals surface area contributed by atoms with Crippen molar-refractivity contribution >= 4 is 18.3 Å². The Labute approximate surface area is 145 Å². The molecule has 2 unspecified atom stereocenters. The van der Waals surface area contributed by atoms with Crippen LogP contribution >= 0.6 is 12.4 Å². The lowest BCUT2D eigenvalue weighted by atomic mass is 9.88. The van der Waals surface area contributed by atoms with Gasteiger partial charge in [0, 0.05) is 18.0 Å². The third kappa shape index (κ3) is 5.40. The first-order chi connectivity index (χ1) is 10.5. The number of ether oxygens (including phenoxy) is 1. The lowest BCUT2D eigenvalue weighted by Crippen LogP contribution is -2.49. The van der Waals surface area contributed by atoms with Crippen molar-refractivity contribution in [1.29, 1.82) is 0 Å². The van der Waals surface area contributed by atoms with E-state index in [0.717, 1.165) is 30.8 Å². The highest BCUT2D eigenvalue weighted by Crippen LogP contribution is 2.23. The first kappa shape index (κ1) is 19.8. The van der Waals surface area contributed by atoms with Crippen molar-refractivity contribution < 1.29 is 9.53 Å². The molecule has 0 spiro atoms. The smallest absolute Gasteiger partial charge is 0.223 e. The van der Waals surface area contributed by atoms with E-state index in [-0.39, 0.29) is 30.3 Å². The molecule has 1 saturated heterocycles. The van der Waals surface area contributed by atoms with E-state index in [2.05, 4.69) is 37.5 Å². The molecular formula is C18H29ClN2O2. The topological polar surface area (TPSA) is 50.4 Å². The summed E-state index contributed by atoms with van der Waals surface area (Å²) in [5.74, 6) is 1.54. The SMILES string of the molecule is CCC(C)Oc1cc(C)ccc1CNC(=O)C(C)C1CNC1.Cl. The van der Waals surface area contributed by atoms with Crippen molar-refractivity contribution in [2.75, 3.05) is 13.1 Å². The van der Waals surface area contributed by atoms with Gasteiger partial charge in [-0.2, -0.15) is 0 Å². The maximum Gasteiger partial charge on any atom is 0.223 e. The molecule has 2 N–H and O–H groups in total. The van der Waals surface area contributed by atoms with Crippen LogP contribution in [-0.4, -0.2) is 25.1 Å². The van der Waals surface area contributed by atoms with E-state index >= 15 is 0 Å². The highest BCUT2D eigenvalue weighted by atomic mass is 35.5. The van der Waals surface area contributed by atoms with Crippen LogP contribution in [0.4, 0.5) is 0 Å². The number of aryl methyl sites for hydroxylation is 1. The fourth-order valence-corrected chi connectivity index (χ4v) is 2.44. The van der Waals surface area contributed by atoms with E-state index in [4.69, 9.17) is 4.74 Å². The predicted octanol–water partition coefficient (Wildman–Crippen LogP) is 3.07. The molecule has 0 bridgehead atoms. The van der Waals surface area contributed by atoms with Crippen LogP contribution in [0.2, 0.25) is 0 Å². The number of rotatable bonds is 7. The quantitative estimate of drug-likeness (QED) is 0.802. The average molecular weight is 341 g/mol. The third-order valence-corrected chi connectivity index (χ3v) is 4.51. The molecule has 2 rings (SSSR count). The number of hydrogen-bond acceptors (Lipinski definition) is 3. The van der Waals surface area contributed by atoms with Crippen LogP contribution < -0.4 is 15.4 Å². The number of hydrogen-bond donors (Lipinski definition) is 2. The van der Waals surface area contributed by atoms with Gasteiger partial charge in [0.25, 0.3) is 0 Å². The normalized spacial score (nSPS) is 16.7. The number of nitrogens with one attached hydrogen (secondary N) is 2. The standard InChI is InChI=1S/C18H28N2O2.ClH/c1-5-13(3)22-17-8-12(2)6-7-15(17)11-20-18(21)14(4)16-9-19-10-16;/h6-8,13-14,16,19H,5,9-11H2,1-4H3,(H,20,21);1H. The van der Waals surface area contributed by atoms with Gasteiger partial charge in [0.2, 0.25) is 5.91 Å². The molecule has 0 aliphatic carbocycles. The van der Waals surface area contributed by atoms with E-state index in [1.54, 1.807) is 0 Å². The maximum atomic E-state index is 12.2. The molecule has 1 aromatic rings. The molecule has 2 atom stereocenters. The monoisotopic (exact) mass is 340 g/mol. The van der Waals surface area contributed by atoms with Crippen LogP contribution in [0, 0.1) is 18.8 Å². The molecule has 0 aromatic heterocycles. The molecule has 1 aliphatic rings. The van der Waals surface area contributed by atoms with Gasteiger partial charge >= 0.3 is 0 Å². The Hall–Kier alpha value is -1.26. The van der Waals surface area contributed by atoms with Gasteiger partial charge < -0.3 is 15.4 Å². The lowest BCUT2D eigenvalue weighted by molar-refractivity contribution is -0.126. The Morgan fingerprint density at radius 3 is 2.65 bits per heavy atom. The van der Waals surface area contributed by atoms with Crippen molar-refractivity contribution in [3.8, 4) is 5.75 Å². The molecule has 1 aromatic carbocycles. The minimum absolute atomic E-state index is 0. The van der Waals surface area contributed by atoms with Gasteiger partial charge in [0.1, 0.15) is 5.75 Å². The van der Waals surface area contributed by atoms with E-state index in [1.165, 1.54) is 5.56 Å². The zero-order valence-corrected chi connectivity index (χ0v) is 15.3. The van der Waals surface area contributed by atoms with E-state index in [0.29, 0.717) is 12.5 Å². The molecule has 130 valence electrons. The molecule has 0 radical (unpaired) electrons. The highest BCUT2D eigenvalue weighted by molar-refractivity contribution is 5.85. The molecule has 1 amide bonds. The van der Waals surface area contributed by atoms with Crippen LogP contribution in [0.5, 0.6) is 5.75 Å². The molecule has 1 heterocycles. The molecule has 5 heteroatoms. The number of carbonyl (C=O) groups is 1. The van der Waals surface area contributed by atoms with Crippen LogP contribution in [0.3, 0.4) is 0 Å². The summed E-state index contributed by atoms with van der Waals surface area (Å²) in [7, 11) is 0. The first-order valence-electron chi connectivity index (χ1n) is 8.25. The van der Waals surface area contributed by atoms with E-state index < -0.39 is 0 Å². The Balaban J connectivity index is 0.00000264. The Morgan fingerprint density at radius 1 is 1.39 bits per heavy atom. The summed E-state index contributed by atoms with van der Waals surface area (Å²) < 4.78 is 5.99. The van der Waals surface area contributed by atoms with E-state index in [1.807, 2.05) is 19.1 Å². The zero-order valence-electron chi connectivity index (χ0n) is 14.5. The van der Waals surface area contributed by atoms with Crippen molar-refractivity contribution in [2.24, 2.45) is 11.8 Å². The number of amides is 1. The summed E-state index contributed by atoms with van der Waals surface area (Å²) in [6.07, 6.45) is 1.14. The van der Waals surface area contributed by atoms with Gasteiger partial charge in [-0.1, -0.05) is 26.0 Å². The second kappa shape index (κ2) is 9.14. The predicted molar refractivity (Wildman–Crippen MR) is 96.2 cm³/mol. The largest absolute Gasteiger partial charge is 0.490 e. The fraction of sp³-hybridized carbons (Fsp3) is 0.611. The number of carbonyl (C=O) groups excluding carboxylic acids is 1.